The van der Waals surface area contributed by atoms with E-state index in [-0.39, 0.29) is 11.5 Å². The molecule has 3 aliphatic rings. The summed E-state index contributed by atoms with van der Waals surface area (Å²) in [5, 5.41) is 0. The first kappa shape index (κ1) is 18.2. The van der Waals surface area contributed by atoms with Crippen LogP contribution in [-0.4, -0.2) is 46.6 Å². The summed E-state index contributed by atoms with van der Waals surface area (Å²) in [6.45, 7) is 2.28. The smallest absolute Gasteiger partial charge is 0.153 e. The van der Waals surface area contributed by atoms with Gasteiger partial charge in [0.15, 0.2) is 9.84 Å². The number of hydrogen-bond acceptors (Lipinski definition) is 6. The van der Waals surface area contributed by atoms with Crippen LogP contribution in [-0.2, 0) is 9.84 Å². The van der Waals surface area contributed by atoms with Crippen molar-refractivity contribution in [3.05, 3.63) is 42.5 Å². The van der Waals surface area contributed by atoms with Gasteiger partial charge >= 0.3 is 0 Å². The highest BCUT2D eigenvalue weighted by Gasteiger charge is 2.31. The first-order valence-electron chi connectivity index (χ1n) is 9.88. The highest BCUT2D eigenvalue weighted by Crippen LogP contribution is 2.47. The first-order valence-corrected chi connectivity index (χ1v) is 12.4. The monoisotopic (exact) mass is 415 g/mol. The van der Waals surface area contributed by atoms with E-state index >= 15 is 0 Å². The lowest BCUT2D eigenvalue weighted by Crippen LogP contribution is -2.40. The van der Waals surface area contributed by atoms with Gasteiger partial charge < -0.3 is 4.90 Å². The molecule has 0 unspecified atom stereocenters. The lowest BCUT2D eigenvalue weighted by Gasteiger charge is -2.29. The summed E-state index contributed by atoms with van der Waals surface area (Å²) < 4.78 is 28.1. The van der Waals surface area contributed by atoms with Crippen LogP contribution >= 0.6 is 12.1 Å². The molecule has 5 nitrogen and oxygen atoms in total. The molecule has 0 atom stereocenters. The van der Waals surface area contributed by atoms with E-state index in [2.05, 4.69) is 63.0 Å². The Kier molecular flexibility index (Phi) is 4.47. The summed E-state index contributed by atoms with van der Waals surface area (Å²) in [5.41, 5.74) is 6.04. The summed E-state index contributed by atoms with van der Waals surface area (Å²) in [7, 11) is -0.733. The number of sulfone groups is 1. The topological polar surface area (TPSA) is 43.9 Å². The Labute approximate surface area is 171 Å². The number of fused-ring (bicyclic) bond motifs is 1. The maximum Gasteiger partial charge on any atom is 0.153 e. The largest absolute Gasteiger partial charge is 0.369 e. The second-order valence-corrected chi connectivity index (χ2v) is 11.4. The van der Waals surface area contributed by atoms with E-state index in [1.807, 2.05) is 0 Å². The molecule has 28 heavy (non-hydrogen) atoms. The Morgan fingerprint density at radius 1 is 1.00 bits per heavy atom. The molecule has 1 saturated carbocycles. The molecular weight excluding hydrogens is 390 g/mol. The van der Waals surface area contributed by atoms with E-state index in [0.29, 0.717) is 13.1 Å². The van der Waals surface area contributed by atoms with Gasteiger partial charge in [-0.1, -0.05) is 18.2 Å². The number of rotatable bonds is 4. The molecule has 2 fully saturated rings. The van der Waals surface area contributed by atoms with Gasteiger partial charge in [0.05, 0.1) is 35.0 Å². The molecular formula is C21H25N3O2S2. The van der Waals surface area contributed by atoms with Crippen molar-refractivity contribution < 1.29 is 8.42 Å². The van der Waals surface area contributed by atoms with E-state index in [1.165, 1.54) is 35.3 Å². The van der Waals surface area contributed by atoms with Crippen LogP contribution in [0.2, 0.25) is 0 Å². The van der Waals surface area contributed by atoms with Gasteiger partial charge in [-0.2, -0.15) is 0 Å². The van der Waals surface area contributed by atoms with Gasteiger partial charge in [-0.3, -0.25) is 8.61 Å². The molecule has 2 heterocycles. The molecule has 2 aliphatic heterocycles. The lowest BCUT2D eigenvalue weighted by atomic mass is 10.0. The maximum absolute atomic E-state index is 11.7. The Morgan fingerprint density at radius 3 is 2.50 bits per heavy atom. The Balaban J connectivity index is 1.40. The third-order valence-corrected chi connectivity index (χ3v) is 8.41. The second kappa shape index (κ2) is 6.88. The van der Waals surface area contributed by atoms with Crippen LogP contribution < -0.4 is 13.5 Å². The Hall–Kier alpha value is -1.86. The molecule has 0 N–H and O–H groups in total. The molecule has 1 saturated heterocycles. The van der Waals surface area contributed by atoms with Crippen LogP contribution in [0.5, 0.6) is 0 Å². The van der Waals surface area contributed by atoms with Crippen molar-refractivity contribution >= 4 is 39.0 Å². The van der Waals surface area contributed by atoms with Crippen molar-refractivity contribution in [2.75, 3.05) is 51.7 Å². The summed E-state index contributed by atoms with van der Waals surface area (Å²) in [4.78, 5) is 2.18. The zero-order valence-corrected chi connectivity index (χ0v) is 17.7. The van der Waals surface area contributed by atoms with E-state index < -0.39 is 9.84 Å². The number of nitrogens with zero attached hydrogens (tertiary/aromatic N) is 3. The second-order valence-electron chi connectivity index (χ2n) is 7.98. The number of anilines is 3. The molecule has 0 spiro atoms. The van der Waals surface area contributed by atoms with E-state index in [0.717, 1.165) is 18.2 Å². The lowest BCUT2D eigenvalue weighted by molar-refractivity contribution is 0.587. The Bertz CT molecular complexity index is 990. The third-order valence-electron chi connectivity index (χ3n) is 5.81. The average molecular weight is 416 g/mol. The normalized spacial score (nSPS) is 21.1. The Morgan fingerprint density at radius 2 is 1.75 bits per heavy atom. The zero-order chi connectivity index (χ0) is 19.3. The zero-order valence-electron chi connectivity index (χ0n) is 16.0. The van der Waals surface area contributed by atoms with Crippen molar-refractivity contribution in [3.63, 3.8) is 0 Å². The van der Waals surface area contributed by atoms with Gasteiger partial charge in [0.2, 0.25) is 0 Å². The highest BCUT2D eigenvalue weighted by molar-refractivity contribution is 8.02. The first-order chi connectivity index (χ1) is 13.5. The number of hydrogen-bond donors (Lipinski definition) is 0. The fraction of sp³-hybridized carbons (Fsp3) is 0.429. The molecule has 5 rings (SSSR count). The SMILES string of the molecule is CN1SN(CC2CC2)c2ccc(-c3cccc(N4CCS(=O)(=O)CC4)c3)cc21. The van der Waals surface area contributed by atoms with Crippen LogP contribution in [0.25, 0.3) is 11.1 Å². The van der Waals surface area contributed by atoms with Gasteiger partial charge in [0, 0.05) is 32.4 Å². The maximum atomic E-state index is 11.7. The van der Waals surface area contributed by atoms with Crippen LogP contribution in [0, 0.1) is 5.92 Å². The molecule has 0 radical (unpaired) electrons. The van der Waals surface area contributed by atoms with Gasteiger partial charge in [-0.15, -0.1) is 0 Å². The van der Waals surface area contributed by atoms with Crippen molar-refractivity contribution in [2.45, 2.75) is 12.8 Å². The summed E-state index contributed by atoms with van der Waals surface area (Å²) in [5.74, 6) is 1.35. The third kappa shape index (κ3) is 3.57. The minimum Gasteiger partial charge on any atom is -0.369 e. The minimum atomic E-state index is -2.86. The van der Waals surface area contributed by atoms with Crippen LogP contribution in [0.1, 0.15) is 12.8 Å². The van der Waals surface area contributed by atoms with Crippen LogP contribution in [0.3, 0.4) is 0 Å². The average Bonchev–Trinajstić information content (AvgIpc) is 3.45. The van der Waals surface area contributed by atoms with Gasteiger partial charge in [0.1, 0.15) is 0 Å². The molecule has 0 amide bonds. The van der Waals surface area contributed by atoms with Crippen molar-refractivity contribution in [2.24, 2.45) is 5.92 Å². The predicted molar refractivity (Wildman–Crippen MR) is 119 cm³/mol. The summed E-state index contributed by atoms with van der Waals surface area (Å²) >= 11 is 1.79. The molecule has 7 heteroatoms. The predicted octanol–water partition coefficient (Wildman–Crippen LogP) is 3.82. The van der Waals surface area contributed by atoms with Crippen molar-refractivity contribution in [1.82, 2.24) is 0 Å². The van der Waals surface area contributed by atoms with Crippen LogP contribution in [0.4, 0.5) is 17.1 Å². The van der Waals surface area contributed by atoms with Gasteiger partial charge in [-0.05, 0) is 54.2 Å². The van der Waals surface area contributed by atoms with E-state index in [4.69, 9.17) is 0 Å². The van der Waals surface area contributed by atoms with Crippen molar-refractivity contribution in [3.8, 4) is 11.1 Å². The van der Waals surface area contributed by atoms with Crippen molar-refractivity contribution in [1.29, 1.82) is 0 Å². The van der Waals surface area contributed by atoms with E-state index in [9.17, 15) is 8.42 Å². The van der Waals surface area contributed by atoms with Crippen LogP contribution in [0.15, 0.2) is 42.5 Å². The minimum absolute atomic E-state index is 0.245. The molecule has 2 aromatic carbocycles. The quantitative estimate of drug-likeness (QED) is 0.708. The standard InChI is InChI=1S/C21H25N3O2S2/c1-22-21-14-18(7-8-20(21)24(27-22)15-16-5-6-16)17-3-2-4-19(13-17)23-9-11-28(25,26)12-10-23/h2-4,7-8,13-14,16H,5-6,9-12,15H2,1H3. The molecule has 0 bridgehead atoms. The molecule has 1 aliphatic carbocycles. The van der Waals surface area contributed by atoms with E-state index in [1.54, 1.807) is 12.1 Å². The van der Waals surface area contributed by atoms with Gasteiger partial charge in [-0.25, -0.2) is 8.42 Å². The summed E-state index contributed by atoms with van der Waals surface area (Å²) in [6.07, 6.45) is 2.72. The number of benzene rings is 2. The molecule has 2 aromatic rings. The highest BCUT2D eigenvalue weighted by atomic mass is 32.2. The molecule has 0 aromatic heterocycles. The fourth-order valence-electron chi connectivity index (χ4n) is 3.92. The fourth-order valence-corrected chi connectivity index (χ4v) is 6.17. The summed E-state index contributed by atoms with van der Waals surface area (Å²) in [6, 6.07) is 15.2. The van der Waals surface area contributed by atoms with Gasteiger partial charge in [0.25, 0.3) is 0 Å². The molecule has 148 valence electrons.